The molecule has 4 nitrogen and oxygen atoms in total. The molecule has 3 aromatic carbocycles. The van der Waals surface area contributed by atoms with Crippen LogP contribution in [0.4, 0.5) is 5.69 Å². The minimum atomic E-state index is -0.427. The number of anilines is 1. The molecule has 0 aliphatic rings. The van der Waals surface area contributed by atoms with Crippen LogP contribution in [0, 0.1) is 0 Å². The van der Waals surface area contributed by atoms with E-state index in [2.05, 4.69) is 5.32 Å². The number of amides is 1. The number of benzene rings is 3. The lowest BCUT2D eigenvalue weighted by Gasteiger charge is -2.07. The zero-order valence-corrected chi connectivity index (χ0v) is 13.8. The lowest BCUT2D eigenvalue weighted by Crippen LogP contribution is -2.12. The van der Waals surface area contributed by atoms with E-state index in [0.29, 0.717) is 28.0 Å². The molecule has 26 heavy (non-hydrogen) atoms. The molecule has 0 saturated carbocycles. The monoisotopic (exact) mass is 341 g/mol. The van der Waals surface area contributed by atoms with Crippen LogP contribution in [0.1, 0.15) is 10.4 Å². The van der Waals surface area contributed by atoms with Crippen molar-refractivity contribution in [3.8, 4) is 11.1 Å². The van der Waals surface area contributed by atoms with Crippen molar-refractivity contribution in [3.63, 3.8) is 0 Å². The first-order valence-corrected chi connectivity index (χ1v) is 8.20. The minimum absolute atomic E-state index is 0.233. The van der Waals surface area contributed by atoms with E-state index in [9.17, 15) is 9.59 Å². The molecule has 126 valence electrons. The highest BCUT2D eigenvalue weighted by molar-refractivity contribution is 6.05. The van der Waals surface area contributed by atoms with Gasteiger partial charge in [0.1, 0.15) is 5.58 Å². The molecular formula is C22H15NO3. The average Bonchev–Trinajstić information content (AvgIpc) is 2.68. The number of para-hydroxylation sites is 2. The van der Waals surface area contributed by atoms with E-state index in [4.69, 9.17) is 4.42 Å². The van der Waals surface area contributed by atoms with Gasteiger partial charge in [-0.15, -0.1) is 0 Å². The van der Waals surface area contributed by atoms with E-state index in [1.807, 2.05) is 48.5 Å². The van der Waals surface area contributed by atoms with E-state index < -0.39 is 5.63 Å². The van der Waals surface area contributed by atoms with Gasteiger partial charge in [-0.05, 0) is 42.0 Å². The van der Waals surface area contributed by atoms with Crippen LogP contribution in [0.3, 0.4) is 0 Å². The van der Waals surface area contributed by atoms with Gasteiger partial charge in [0, 0.05) is 16.6 Å². The van der Waals surface area contributed by atoms with Crippen LogP contribution in [0.5, 0.6) is 0 Å². The Morgan fingerprint density at radius 2 is 1.58 bits per heavy atom. The van der Waals surface area contributed by atoms with E-state index >= 15 is 0 Å². The second-order valence-corrected chi connectivity index (χ2v) is 5.89. The lowest BCUT2D eigenvalue weighted by atomic mass is 10.0. The van der Waals surface area contributed by atoms with Crippen LogP contribution in [0.25, 0.3) is 22.1 Å². The summed E-state index contributed by atoms with van der Waals surface area (Å²) in [7, 11) is 0. The van der Waals surface area contributed by atoms with Crippen molar-refractivity contribution in [3.05, 3.63) is 101 Å². The third-order valence-electron chi connectivity index (χ3n) is 4.11. The molecule has 1 heterocycles. The molecule has 0 unspecified atom stereocenters. The van der Waals surface area contributed by atoms with E-state index in [1.54, 1.807) is 36.4 Å². The van der Waals surface area contributed by atoms with E-state index in [1.165, 1.54) is 0 Å². The second kappa shape index (κ2) is 6.69. The van der Waals surface area contributed by atoms with Crippen molar-refractivity contribution in [2.75, 3.05) is 5.32 Å². The molecule has 0 bridgehead atoms. The first-order chi connectivity index (χ1) is 12.7. The Morgan fingerprint density at radius 1 is 0.808 bits per heavy atom. The van der Waals surface area contributed by atoms with E-state index in [0.717, 1.165) is 5.39 Å². The molecule has 1 N–H and O–H groups in total. The van der Waals surface area contributed by atoms with Crippen molar-refractivity contribution in [2.24, 2.45) is 0 Å². The average molecular weight is 341 g/mol. The molecule has 1 aromatic heterocycles. The van der Waals surface area contributed by atoms with Crippen LogP contribution in [0.2, 0.25) is 0 Å². The number of nitrogens with one attached hydrogen (secondary N) is 1. The summed E-state index contributed by atoms with van der Waals surface area (Å²) in [4.78, 5) is 24.8. The molecule has 4 heteroatoms. The third kappa shape index (κ3) is 3.13. The highest BCUT2D eigenvalue weighted by atomic mass is 16.4. The maximum Gasteiger partial charge on any atom is 0.344 e. The molecule has 0 saturated heterocycles. The number of hydrogen-bond acceptors (Lipinski definition) is 3. The SMILES string of the molecule is O=C(Nc1ccccc1)c1cccc(-c2cc3ccccc3oc2=O)c1. The molecule has 0 fully saturated rings. The molecule has 0 spiro atoms. The predicted octanol–water partition coefficient (Wildman–Crippen LogP) is 4.71. The fourth-order valence-electron chi connectivity index (χ4n) is 2.82. The lowest BCUT2D eigenvalue weighted by molar-refractivity contribution is 0.102. The summed E-state index contributed by atoms with van der Waals surface area (Å²) in [5, 5.41) is 3.68. The Bertz CT molecular complexity index is 1150. The zero-order valence-electron chi connectivity index (χ0n) is 13.8. The number of carbonyl (C=O) groups is 1. The molecular weight excluding hydrogens is 326 g/mol. The summed E-state index contributed by atoms with van der Waals surface area (Å²) < 4.78 is 5.39. The minimum Gasteiger partial charge on any atom is -0.422 e. The van der Waals surface area contributed by atoms with Crippen molar-refractivity contribution in [2.45, 2.75) is 0 Å². The van der Waals surface area contributed by atoms with E-state index in [-0.39, 0.29) is 5.91 Å². The number of fused-ring (bicyclic) bond motifs is 1. The summed E-state index contributed by atoms with van der Waals surface area (Å²) in [6.45, 7) is 0. The van der Waals surface area contributed by atoms with Crippen molar-refractivity contribution >= 4 is 22.6 Å². The summed E-state index contributed by atoms with van der Waals surface area (Å²) >= 11 is 0. The number of carbonyl (C=O) groups excluding carboxylic acids is 1. The second-order valence-electron chi connectivity index (χ2n) is 5.89. The Kier molecular flexibility index (Phi) is 4.07. The molecule has 0 radical (unpaired) electrons. The van der Waals surface area contributed by atoms with Gasteiger partial charge in [0.25, 0.3) is 5.91 Å². The maximum atomic E-state index is 12.5. The molecule has 1 amide bonds. The van der Waals surface area contributed by atoms with Gasteiger partial charge in [-0.2, -0.15) is 0 Å². The Labute approximate surface area is 149 Å². The first kappa shape index (κ1) is 15.8. The quantitative estimate of drug-likeness (QED) is 0.549. The third-order valence-corrected chi connectivity index (χ3v) is 4.11. The van der Waals surface area contributed by atoms with Crippen molar-refractivity contribution in [1.82, 2.24) is 0 Å². The first-order valence-electron chi connectivity index (χ1n) is 8.20. The van der Waals surface area contributed by atoms with Gasteiger partial charge in [-0.1, -0.05) is 48.5 Å². The summed E-state index contributed by atoms with van der Waals surface area (Å²) in [5.41, 5.74) is 2.37. The van der Waals surface area contributed by atoms with Gasteiger partial charge in [0.2, 0.25) is 0 Å². The summed E-state index contributed by atoms with van der Waals surface area (Å²) in [6.07, 6.45) is 0. The van der Waals surface area contributed by atoms with Crippen LogP contribution in [0.15, 0.2) is 94.1 Å². The largest absolute Gasteiger partial charge is 0.422 e. The molecule has 4 rings (SSSR count). The number of hydrogen-bond donors (Lipinski definition) is 1. The number of rotatable bonds is 3. The summed E-state index contributed by atoms with van der Waals surface area (Å²) in [6, 6.07) is 25.3. The molecule has 0 atom stereocenters. The highest BCUT2D eigenvalue weighted by Gasteiger charge is 2.11. The predicted molar refractivity (Wildman–Crippen MR) is 102 cm³/mol. The Morgan fingerprint density at radius 3 is 2.42 bits per heavy atom. The van der Waals surface area contributed by atoms with Gasteiger partial charge < -0.3 is 9.73 Å². The van der Waals surface area contributed by atoms with Crippen LogP contribution < -0.4 is 10.9 Å². The van der Waals surface area contributed by atoms with Gasteiger partial charge in [0.15, 0.2) is 0 Å². The molecule has 0 aliphatic carbocycles. The summed E-state index contributed by atoms with van der Waals surface area (Å²) in [5.74, 6) is -0.233. The van der Waals surface area contributed by atoms with Crippen molar-refractivity contribution in [1.29, 1.82) is 0 Å². The van der Waals surface area contributed by atoms with Crippen LogP contribution in [-0.4, -0.2) is 5.91 Å². The van der Waals surface area contributed by atoms with Crippen LogP contribution in [-0.2, 0) is 0 Å². The van der Waals surface area contributed by atoms with Gasteiger partial charge in [0.05, 0.1) is 5.56 Å². The Balaban J connectivity index is 1.71. The fraction of sp³-hybridized carbons (Fsp3) is 0. The Hall–Kier alpha value is -3.66. The van der Waals surface area contributed by atoms with Crippen molar-refractivity contribution < 1.29 is 9.21 Å². The zero-order chi connectivity index (χ0) is 17.9. The van der Waals surface area contributed by atoms with Crippen LogP contribution >= 0.6 is 0 Å². The normalized spacial score (nSPS) is 10.6. The highest BCUT2D eigenvalue weighted by Crippen LogP contribution is 2.22. The van der Waals surface area contributed by atoms with Gasteiger partial charge in [-0.25, -0.2) is 4.79 Å². The topological polar surface area (TPSA) is 59.3 Å². The van der Waals surface area contributed by atoms with Gasteiger partial charge in [-0.3, -0.25) is 4.79 Å². The standard InChI is InChI=1S/C22H15NO3/c24-21(23-18-10-2-1-3-11-18)17-9-6-8-15(13-17)19-14-16-7-4-5-12-20(16)26-22(19)25/h1-14H,(H,23,24). The molecule has 0 aliphatic heterocycles. The fourth-order valence-corrected chi connectivity index (χ4v) is 2.82. The van der Waals surface area contributed by atoms with Gasteiger partial charge >= 0.3 is 5.63 Å². The smallest absolute Gasteiger partial charge is 0.344 e. The molecule has 4 aromatic rings. The maximum absolute atomic E-state index is 12.5.